The normalized spacial score (nSPS) is 10.1. The van der Waals surface area contributed by atoms with Crippen molar-refractivity contribution >= 4 is 17.3 Å². The molecule has 1 aromatic carbocycles. The molecule has 2 heterocycles. The van der Waals surface area contributed by atoms with E-state index in [2.05, 4.69) is 21.2 Å². The number of halogens is 1. The van der Waals surface area contributed by atoms with Gasteiger partial charge in [0, 0.05) is 23.5 Å². The van der Waals surface area contributed by atoms with Crippen molar-refractivity contribution in [3.63, 3.8) is 0 Å². The lowest BCUT2D eigenvalue weighted by molar-refractivity contribution is 0.102. The Labute approximate surface area is 143 Å². The van der Waals surface area contributed by atoms with Crippen LogP contribution in [0.15, 0.2) is 54.9 Å². The summed E-state index contributed by atoms with van der Waals surface area (Å²) in [5.41, 5.74) is 8.99. The van der Waals surface area contributed by atoms with Gasteiger partial charge in [-0.3, -0.25) is 4.79 Å². The Morgan fingerprint density at radius 1 is 1.08 bits per heavy atom. The first-order valence-electron chi connectivity index (χ1n) is 7.32. The zero-order valence-corrected chi connectivity index (χ0v) is 13.0. The molecule has 3 N–H and O–H groups in total. The van der Waals surface area contributed by atoms with Crippen LogP contribution < -0.4 is 11.1 Å². The third kappa shape index (κ3) is 3.62. The van der Waals surface area contributed by atoms with Crippen LogP contribution in [0.25, 0.3) is 11.1 Å². The van der Waals surface area contributed by atoms with E-state index in [0.717, 1.165) is 5.56 Å². The summed E-state index contributed by atoms with van der Waals surface area (Å²) in [6.07, 6.45) is 8.12. The van der Waals surface area contributed by atoms with Crippen LogP contribution in [0, 0.1) is 18.3 Å². The Hall–Kier alpha value is -3.72. The molecule has 5 nitrogen and oxygen atoms in total. The van der Waals surface area contributed by atoms with Gasteiger partial charge in [0.25, 0.3) is 5.91 Å². The molecule has 25 heavy (non-hydrogen) atoms. The molecule has 0 aliphatic heterocycles. The molecule has 3 rings (SSSR count). The first-order chi connectivity index (χ1) is 12.1. The van der Waals surface area contributed by atoms with Crippen molar-refractivity contribution in [2.45, 2.75) is 0 Å². The number of carbonyl (C=O) groups is 1. The fraction of sp³-hybridized carbons (Fsp3) is 0. The molecular formula is C19H13FN4O. The standard InChI is InChI=1S/C19H13FN4O/c1-2-12-3-7-16(22-10-12)19(25)24-17-9-13(4-6-15(17)21)14-5-8-18(20)23-11-14/h1,3-11H,21H2,(H,24,25). The van der Waals surface area contributed by atoms with Crippen LogP contribution in [0.5, 0.6) is 0 Å². The molecule has 0 aliphatic carbocycles. The average Bonchev–Trinajstić information content (AvgIpc) is 2.64. The van der Waals surface area contributed by atoms with E-state index in [0.29, 0.717) is 22.5 Å². The zero-order valence-electron chi connectivity index (χ0n) is 13.0. The molecule has 0 bridgehead atoms. The average molecular weight is 332 g/mol. The lowest BCUT2D eigenvalue weighted by Gasteiger charge is -2.10. The highest BCUT2D eigenvalue weighted by atomic mass is 19.1. The van der Waals surface area contributed by atoms with Gasteiger partial charge in [0.2, 0.25) is 5.95 Å². The summed E-state index contributed by atoms with van der Waals surface area (Å²) in [5.74, 6) is 1.46. The van der Waals surface area contributed by atoms with Gasteiger partial charge < -0.3 is 11.1 Å². The molecule has 0 saturated carbocycles. The second-order valence-corrected chi connectivity index (χ2v) is 5.20. The first-order valence-corrected chi connectivity index (χ1v) is 7.32. The number of aromatic nitrogens is 2. The van der Waals surface area contributed by atoms with Crippen LogP contribution in [-0.2, 0) is 0 Å². The summed E-state index contributed by atoms with van der Waals surface area (Å²) < 4.78 is 13.0. The summed E-state index contributed by atoms with van der Waals surface area (Å²) in [6, 6.07) is 11.1. The highest BCUT2D eigenvalue weighted by Crippen LogP contribution is 2.27. The minimum absolute atomic E-state index is 0.215. The molecule has 2 aromatic heterocycles. The number of hydrogen-bond acceptors (Lipinski definition) is 4. The molecule has 0 radical (unpaired) electrons. The third-order valence-electron chi connectivity index (χ3n) is 3.53. The van der Waals surface area contributed by atoms with Crippen molar-refractivity contribution < 1.29 is 9.18 Å². The van der Waals surface area contributed by atoms with Crippen molar-refractivity contribution in [2.75, 3.05) is 11.1 Å². The Balaban J connectivity index is 1.86. The van der Waals surface area contributed by atoms with Gasteiger partial charge in [-0.15, -0.1) is 6.42 Å². The van der Waals surface area contributed by atoms with E-state index in [4.69, 9.17) is 12.2 Å². The quantitative estimate of drug-likeness (QED) is 0.439. The van der Waals surface area contributed by atoms with Crippen LogP contribution in [0.2, 0.25) is 0 Å². The van der Waals surface area contributed by atoms with Crippen LogP contribution in [0.1, 0.15) is 16.1 Å². The van der Waals surface area contributed by atoms with Gasteiger partial charge in [-0.25, -0.2) is 9.97 Å². The van der Waals surface area contributed by atoms with Crippen molar-refractivity contribution in [3.8, 4) is 23.5 Å². The number of carbonyl (C=O) groups excluding carboxylic acids is 1. The summed E-state index contributed by atoms with van der Waals surface area (Å²) >= 11 is 0. The summed E-state index contributed by atoms with van der Waals surface area (Å²) in [7, 11) is 0. The number of terminal acetylenes is 1. The van der Waals surface area contributed by atoms with E-state index in [1.807, 2.05) is 0 Å². The van der Waals surface area contributed by atoms with E-state index in [9.17, 15) is 9.18 Å². The molecule has 122 valence electrons. The molecule has 3 aromatic rings. The van der Waals surface area contributed by atoms with E-state index >= 15 is 0 Å². The third-order valence-corrected chi connectivity index (χ3v) is 3.53. The molecule has 6 heteroatoms. The Bertz CT molecular complexity index is 960. The lowest BCUT2D eigenvalue weighted by atomic mass is 10.1. The van der Waals surface area contributed by atoms with Gasteiger partial charge in [-0.2, -0.15) is 4.39 Å². The topological polar surface area (TPSA) is 80.9 Å². The van der Waals surface area contributed by atoms with Gasteiger partial charge in [0.05, 0.1) is 11.4 Å². The van der Waals surface area contributed by atoms with Crippen molar-refractivity contribution in [1.29, 1.82) is 0 Å². The number of nitrogen functional groups attached to an aromatic ring is 1. The van der Waals surface area contributed by atoms with E-state index in [1.54, 1.807) is 30.3 Å². The minimum Gasteiger partial charge on any atom is -0.397 e. The number of nitrogens with one attached hydrogen (secondary N) is 1. The second-order valence-electron chi connectivity index (χ2n) is 5.20. The highest BCUT2D eigenvalue weighted by molar-refractivity contribution is 6.04. The summed E-state index contributed by atoms with van der Waals surface area (Å²) in [4.78, 5) is 20.0. The molecular weight excluding hydrogens is 319 g/mol. The van der Waals surface area contributed by atoms with Gasteiger partial charge in [-0.1, -0.05) is 12.0 Å². The predicted octanol–water partition coefficient (Wildman–Crippen LogP) is 3.10. The van der Waals surface area contributed by atoms with Gasteiger partial charge in [-0.05, 0) is 42.0 Å². The number of nitrogens with zero attached hydrogens (tertiary/aromatic N) is 2. The Morgan fingerprint density at radius 3 is 2.52 bits per heavy atom. The Morgan fingerprint density at radius 2 is 1.88 bits per heavy atom. The molecule has 0 spiro atoms. The smallest absolute Gasteiger partial charge is 0.274 e. The number of benzene rings is 1. The molecule has 0 atom stereocenters. The van der Waals surface area contributed by atoms with Crippen LogP contribution >= 0.6 is 0 Å². The van der Waals surface area contributed by atoms with Gasteiger partial charge in [0.15, 0.2) is 0 Å². The lowest BCUT2D eigenvalue weighted by Crippen LogP contribution is -2.14. The summed E-state index contributed by atoms with van der Waals surface area (Å²) in [6.45, 7) is 0. The molecule has 0 saturated heterocycles. The number of amides is 1. The molecule has 0 fully saturated rings. The Kier molecular flexibility index (Phi) is 4.40. The van der Waals surface area contributed by atoms with E-state index < -0.39 is 11.9 Å². The van der Waals surface area contributed by atoms with E-state index in [1.165, 1.54) is 24.5 Å². The van der Waals surface area contributed by atoms with Crippen LogP contribution in [-0.4, -0.2) is 15.9 Å². The largest absolute Gasteiger partial charge is 0.397 e. The fourth-order valence-corrected chi connectivity index (χ4v) is 2.19. The van der Waals surface area contributed by atoms with Crippen molar-refractivity contribution in [3.05, 3.63) is 72.1 Å². The molecule has 1 amide bonds. The summed E-state index contributed by atoms with van der Waals surface area (Å²) in [5, 5.41) is 2.71. The number of hydrogen-bond donors (Lipinski definition) is 2. The zero-order chi connectivity index (χ0) is 17.8. The molecule has 0 aliphatic rings. The maximum absolute atomic E-state index is 13.0. The maximum Gasteiger partial charge on any atom is 0.274 e. The SMILES string of the molecule is C#Cc1ccc(C(=O)Nc2cc(-c3ccc(F)nc3)ccc2N)nc1. The number of pyridine rings is 2. The fourth-order valence-electron chi connectivity index (χ4n) is 2.19. The van der Waals surface area contributed by atoms with Gasteiger partial charge >= 0.3 is 0 Å². The van der Waals surface area contributed by atoms with Crippen LogP contribution in [0.4, 0.5) is 15.8 Å². The highest BCUT2D eigenvalue weighted by Gasteiger charge is 2.11. The number of rotatable bonds is 3. The van der Waals surface area contributed by atoms with E-state index in [-0.39, 0.29) is 5.69 Å². The number of nitrogens with two attached hydrogens (primary N) is 1. The van der Waals surface area contributed by atoms with Crippen molar-refractivity contribution in [2.24, 2.45) is 0 Å². The second kappa shape index (κ2) is 6.81. The minimum atomic E-state index is -0.561. The monoisotopic (exact) mass is 332 g/mol. The number of anilines is 2. The van der Waals surface area contributed by atoms with Gasteiger partial charge in [0.1, 0.15) is 5.69 Å². The first kappa shape index (κ1) is 16.1. The molecule has 0 unspecified atom stereocenters. The van der Waals surface area contributed by atoms with Crippen molar-refractivity contribution in [1.82, 2.24) is 9.97 Å². The maximum atomic E-state index is 13.0. The van der Waals surface area contributed by atoms with Crippen LogP contribution in [0.3, 0.4) is 0 Å². The predicted molar refractivity (Wildman–Crippen MR) is 94.2 cm³/mol.